The second-order valence-electron chi connectivity index (χ2n) is 7.25. The zero-order chi connectivity index (χ0) is 22.7. The SMILES string of the molecule is CCOC(=O)N1CCN(C(=O)C(C)n2cc(NC(=O)c3nn(C)cc3Br)c(C)n2)CC1. The number of anilines is 1. The number of carbonyl (C=O) groups is 3. The first-order valence-electron chi connectivity index (χ1n) is 9.98. The maximum atomic E-state index is 12.9. The molecule has 0 aliphatic carbocycles. The second kappa shape index (κ2) is 9.50. The Morgan fingerprint density at radius 1 is 1.16 bits per heavy atom. The summed E-state index contributed by atoms with van der Waals surface area (Å²) in [6, 6.07) is -0.555. The highest BCUT2D eigenvalue weighted by molar-refractivity contribution is 9.10. The molecule has 1 unspecified atom stereocenters. The summed E-state index contributed by atoms with van der Waals surface area (Å²) < 4.78 is 8.67. The molecule has 3 amide bonds. The Hall–Kier alpha value is -2.89. The standard InChI is InChI=1S/C19H26BrN7O4/c1-5-31-19(30)26-8-6-25(7-9-26)18(29)13(3)27-11-15(12(2)22-27)21-17(28)16-14(20)10-24(4)23-16/h10-11,13H,5-9H2,1-4H3,(H,21,28). The van der Waals surface area contributed by atoms with Gasteiger partial charge in [-0.05, 0) is 36.7 Å². The number of halogens is 1. The van der Waals surface area contributed by atoms with E-state index in [4.69, 9.17) is 4.74 Å². The van der Waals surface area contributed by atoms with Crippen LogP contribution in [0.15, 0.2) is 16.9 Å². The predicted molar refractivity (Wildman–Crippen MR) is 116 cm³/mol. The molecule has 1 N–H and O–H groups in total. The van der Waals surface area contributed by atoms with Crippen LogP contribution in [0, 0.1) is 6.92 Å². The fourth-order valence-electron chi connectivity index (χ4n) is 3.30. The Bertz CT molecular complexity index is 978. The van der Waals surface area contributed by atoms with Gasteiger partial charge < -0.3 is 19.9 Å². The van der Waals surface area contributed by atoms with Crippen molar-refractivity contribution in [1.29, 1.82) is 0 Å². The molecule has 3 heterocycles. The molecule has 31 heavy (non-hydrogen) atoms. The highest BCUT2D eigenvalue weighted by Crippen LogP contribution is 2.21. The number of nitrogens with zero attached hydrogens (tertiary/aromatic N) is 6. The van der Waals surface area contributed by atoms with E-state index in [0.29, 0.717) is 48.6 Å². The number of aryl methyl sites for hydroxylation is 2. The molecule has 3 rings (SSSR count). The second-order valence-corrected chi connectivity index (χ2v) is 8.10. The summed E-state index contributed by atoms with van der Waals surface area (Å²) in [6.07, 6.45) is 2.97. The first-order valence-corrected chi connectivity index (χ1v) is 10.8. The van der Waals surface area contributed by atoms with E-state index in [1.165, 1.54) is 4.68 Å². The first-order chi connectivity index (χ1) is 14.7. The minimum Gasteiger partial charge on any atom is -0.450 e. The van der Waals surface area contributed by atoms with E-state index in [1.54, 1.807) is 54.7 Å². The van der Waals surface area contributed by atoms with Crippen molar-refractivity contribution in [3.05, 3.63) is 28.3 Å². The van der Waals surface area contributed by atoms with Crippen molar-refractivity contribution >= 4 is 39.5 Å². The van der Waals surface area contributed by atoms with Crippen LogP contribution in [0.3, 0.4) is 0 Å². The van der Waals surface area contributed by atoms with Crippen LogP contribution >= 0.6 is 15.9 Å². The van der Waals surface area contributed by atoms with Gasteiger partial charge in [0.25, 0.3) is 5.91 Å². The van der Waals surface area contributed by atoms with Gasteiger partial charge in [0.05, 0.1) is 22.5 Å². The van der Waals surface area contributed by atoms with Crippen LogP contribution < -0.4 is 5.32 Å². The normalized spacial score (nSPS) is 15.0. The number of carbonyl (C=O) groups excluding carboxylic acids is 3. The van der Waals surface area contributed by atoms with Crippen LogP contribution in [0.5, 0.6) is 0 Å². The number of aromatic nitrogens is 4. The summed E-state index contributed by atoms with van der Waals surface area (Å²) in [4.78, 5) is 40.6. The largest absolute Gasteiger partial charge is 0.450 e. The van der Waals surface area contributed by atoms with Gasteiger partial charge in [0.1, 0.15) is 6.04 Å². The minimum atomic E-state index is -0.555. The highest BCUT2D eigenvalue weighted by Gasteiger charge is 2.29. The summed E-state index contributed by atoms with van der Waals surface area (Å²) in [7, 11) is 1.73. The van der Waals surface area contributed by atoms with E-state index in [9.17, 15) is 14.4 Å². The van der Waals surface area contributed by atoms with Crippen molar-refractivity contribution in [2.75, 3.05) is 38.1 Å². The van der Waals surface area contributed by atoms with Crippen LogP contribution in [0.4, 0.5) is 10.5 Å². The third kappa shape index (κ3) is 5.06. The fraction of sp³-hybridized carbons (Fsp3) is 0.526. The van der Waals surface area contributed by atoms with Crippen LogP contribution in [0.2, 0.25) is 0 Å². The third-order valence-electron chi connectivity index (χ3n) is 5.04. The third-order valence-corrected chi connectivity index (χ3v) is 5.62. The molecule has 0 aromatic carbocycles. The summed E-state index contributed by atoms with van der Waals surface area (Å²) in [5, 5.41) is 11.3. The Balaban J connectivity index is 1.63. The van der Waals surface area contributed by atoms with Crippen molar-refractivity contribution in [2.24, 2.45) is 7.05 Å². The van der Waals surface area contributed by atoms with Gasteiger partial charge in [0.15, 0.2) is 5.69 Å². The lowest BCUT2D eigenvalue weighted by molar-refractivity contribution is -0.136. The number of rotatable bonds is 5. The molecule has 2 aromatic rings. The first kappa shape index (κ1) is 22.8. The average Bonchev–Trinajstić information content (AvgIpc) is 3.28. The lowest BCUT2D eigenvalue weighted by Crippen LogP contribution is -2.52. The maximum absolute atomic E-state index is 12.9. The van der Waals surface area contributed by atoms with Crippen molar-refractivity contribution in [2.45, 2.75) is 26.8 Å². The summed E-state index contributed by atoms with van der Waals surface area (Å²) >= 11 is 3.32. The van der Waals surface area contributed by atoms with Crippen LogP contribution in [-0.2, 0) is 16.6 Å². The van der Waals surface area contributed by atoms with Crippen molar-refractivity contribution in [1.82, 2.24) is 29.4 Å². The highest BCUT2D eigenvalue weighted by atomic mass is 79.9. The molecule has 1 atom stereocenters. The van der Waals surface area contributed by atoms with Gasteiger partial charge in [-0.2, -0.15) is 10.2 Å². The molecule has 1 fully saturated rings. The fourth-order valence-corrected chi connectivity index (χ4v) is 3.85. The molecular formula is C19H26BrN7O4. The van der Waals surface area contributed by atoms with Crippen LogP contribution in [-0.4, -0.2) is 80.1 Å². The molecule has 0 saturated carbocycles. The zero-order valence-corrected chi connectivity index (χ0v) is 19.5. The van der Waals surface area contributed by atoms with Gasteiger partial charge in [-0.1, -0.05) is 0 Å². The number of hydrogen-bond donors (Lipinski definition) is 1. The van der Waals surface area contributed by atoms with Gasteiger partial charge in [0, 0.05) is 45.6 Å². The van der Waals surface area contributed by atoms with Gasteiger partial charge >= 0.3 is 6.09 Å². The molecule has 0 spiro atoms. The van der Waals surface area contributed by atoms with E-state index in [-0.39, 0.29) is 23.6 Å². The van der Waals surface area contributed by atoms with E-state index in [2.05, 4.69) is 31.4 Å². The smallest absolute Gasteiger partial charge is 0.409 e. The molecule has 1 aliphatic rings. The number of amides is 3. The molecule has 0 radical (unpaired) electrons. The van der Waals surface area contributed by atoms with Gasteiger partial charge in [-0.25, -0.2) is 4.79 Å². The summed E-state index contributed by atoms with van der Waals surface area (Å²) in [5.41, 5.74) is 1.36. The Morgan fingerprint density at radius 2 is 1.81 bits per heavy atom. The quantitative estimate of drug-likeness (QED) is 0.676. The van der Waals surface area contributed by atoms with Gasteiger partial charge in [0.2, 0.25) is 5.91 Å². The number of ether oxygens (including phenoxy) is 1. The lowest BCUT2D eigenvalue weighted by Gasteiger charge is -2.35. The molecule has 168 valence electrons. The zero-order valence-electron chi connectivity index (χ0n) is 18.0. The number of piperazine rings is 1. The van der Waals surface area contributed by atoms with Crippen LogP contribution in [0.25, 0.3) is 0 Å². The monoisotopic (exact) mass is 495 g/mol. The molecule has 2 aromatic heterocycles. The average molecular weight is 496 g/mol. The number of nitrogens with one attached hydrogen (secondary N) is 1. The Kier molecular flexibility index (Phi) is 6.98. The van der Waals surface area contributed by atoms with E-state index < -0.39 is 6.04 Å². The van der Waals surface area contributed by atoms with E-state index >= 15 is 0 Å². The topological polar surface area (TPSA) is 115 Å². The number of hydrogen-bond acceptors (Lipinski definition) is 6. The van der Waals surface area contributed by atoms with Crippen molar-refractivity contribution < 1.29 is 19.1 Å². The van der Waals surface area contributed by atoms with Gasteiger partial charge in [-0.15, -0.1) is 0 Å². The predicted octanol–water partition coefficient (Wildman–Crippen LogP) is 1.80. The maximum Gasteiger partial charge on any atom is 0.409 e. The van der Waals surface area contributed by atoms with E-state index in [1.807, 2.05) is 0 Å². The Labute approximate surface area is 188 Å². The lowest BCUT2D eigenvalue weighted by atomic mass is 10.2. The van der Waals surface area contributed by atoms with Gasteiger partial charge in [-0.3, -0.25) is 19.0 Å². The molecule has 12 heteroatoms. The molecule has 11 nitrogen and oxygen atoms in total. The van der Waals surface area contributed by atoms with Crippen LogP contribution in [0.1, 0.15) is 36.1 Å². The minimum absolute atomic E-state index is 0.101. The van der Waals surface area contributed by atoms with Crippen molar-refractivity contribution in [3.63, 3.8) is 0 Å². The molecular weight excluding hydrogens is 470 g/mol. The Morgan fingerprint density at radius 3 is 2.39 bits per heavy atom. The molecule has 1 aliphatic heterocycles. The van der Waals surface area contributed by atoms with E-state index in [0.717, 1.165) is 0 Å². The summed E-state index contributed by atoms with van der Waals surface area (Å²) in [6.45, 7) is 7.31. The molecule has 1 saturated heterocycles. The van der Waals surface area contributed by atoms with Crippen molar-refractivity contribution in [3.8, 4) is 0 Å². The summed E-state index contributed by atoms with van der Waals surface area (Å²) in [5.74, 6) is -0.472. The molecule has 0 bridgehead atoms.